The number of pyridine rings is 1. The van der Waals surface area contributed by atoms with Gasteiger partial charge >= 0.3 is 0 Å². The molecule has 1 N–H and O–H groups in total. The second-order valence-corrected chi connectivity index (χ2v) is 4.87. The van der Waals surface area contributed by atoms with Crippen LogP contribution in [-0.2, 0) is 13.1 Å². The number of benzene rings is 1. The Morgan fingerprint density at radius 1 is 0.900 bits per heavy atom. The maximum atomic E-state index is 4.02. The topological polar surface area (TPSA) is 28.2 Å². The second kappa shape index (κ2) is 7.65. The minimum absolute atomic E-state index is 0.831. The van der Waals surface area contributed by atoms with Crippen molar-refractivity contribution in [2.75, 3.05) is 18.4 Å². The van der Waals surface area contributed by atoms with Crippen molar-refractivity contribution < 1.29 is 0 Å². The lowest BCUT2D eigenvalue weighted by molar-refractivity contribution is 0.296. The quantitative estimate of drug-likeness (QED) is 0.833. The van der Waals surface area contributed by atoms with E-state index in [0.717, 1.165) is 31.9 Å². The highest BCUT2D eigenvalue weighted by atomic mass is 15.1. The molecule has 0 aliphatic carbocycles. The van der Waals surface area contributed by atoms with Crippen molar-refractivity contribution in [3.8, 4) is 0 Å². The molecular formula is C17H23N3. The van der Waals surface area contributed by atoms with Crippen molar-refractivity contribution in [2.24, 2.45) is 0 Å². The van der Waals surface area contributed by atoms with Crippen molar-refractivity contribution in [1.82, 2.24) is 9.88 Å². The van der Waals surface area contributed by atoms with E-state index in [0.29, 0.717) is 0 Å². The summed E-state index contributed by atoms with van der Waals surface area (Å²) in [6.07, 6.45) is 3.65. The third kappa shape index (κ3) is 4.35. The molecule has 1 heterocycles. The Morgan fingerprint density at radius 3 is 2.15 bits per heavy atom. The van der Waals surface area contributed by atoms with Crippen LogP contribution in [0.25, 0.3) is 0 Å². The number of nitrogens with one attached hydrogen (secondary N) is 1. The monoisotopic (exact) mass is 269 g/mol. The van der Waals surface area contributed by atoms with Crippen LogP contribution in [0, 0.1) is 0 Å². The first-order chi connectivity index (χ1) is 9.81. The standard InChI is InChI=1S/C17H23N3/c1-3-20(4-2)14-16-5-7-17(8-6-16)19-13-15-9-11-18-12-10-15/h5-12,19H,3-4,13-14H2,1-2H3. The number of hydrogen-bond donors (Lipinski definition) is 1. The van der Waals surface area contributed by atoms with Crippen LogP contribution < -0.4 is 5.32 Å². The molecule has 0 unspecified atom stereocenters. The first kappa shape index (κ1) is 14.5. The molecule has 20 heavy (non-hydrogen) atoms. The molecule has 0 spiro atoms. The summed E-state index contributed by atoms with van der Waals surface area (Å²) >= 11 is 0. The van der Waals surface area contributed by atoms with Crippen molar-refractivity contribution in [3.05, 3.63) is 59.9 Å². The third-order valence-corrected chi connectivity index (χ3v) is 3.50. The molecule has 0 saturated heterocycles. The van der Waals surface area contributed by atoms with Gasteiger partial charge in [0.1, 0.15) is 0 Å². The Morgan fingerprint density at radius 2 is 1.55 bits per heavy atom. The predicted octanol–water partition coefficient (Wildman–Crippen LogP) is 3.54. The molecule has 3 heteroatoms. The van der Waals surface area contributed by atoms with Crippen LogP contribution in [0.2, 0.25) is 0 Å². The zero-order valence-corrected chi connectivity index (χ0v) is 12.3. The number of nitrogens with zero attached hydrogens (tertiary/aromatic N) is 2. The predicted molar refractivity (Wildman–Crippen MR) is 84.6 cm³/mol. The van der Waals surface area contributed by atoms with E-state index < -0.39 is 0 Å². The Labute approximate surface area is 121 Å². The number of aromatic nitrogens is 1. The van der Waals surface area contributed by atoms with E-state index in [4.69, 9.17) is 0 Å². The van der Waals surface area contributed by atoms with Gasteiger partial charge in [0.2, 0.25) is 0 Å². The third-order valence-electron chi connectivity index (χ3n) is 3.50. The maximum Gasteiger partial charge on any atom is 0.0401 e. The maximum absolute atomic E-state index is 4.02. The van der Waals surface area contributed by atoms with Gasteiger partial charge in [-0.3, -0.25) is 9.88 Å². The molecule has 0 fully saturated rings. The summed E-state index contributed by atoms with van der Waals surface area (Å²) in [6.45, 7) is 8.45. The smallest absolute Gasteiger partial charge is 0.0401 e. The molecule has 1 aromatic heterocycles. The molecule has 3 nitrogen and oxygen atoms in total. The fourth-order valence-electron chi connectivity index (χ4n) is 2.14. The van der Waals surface area contributed by atoms with Crippen molar-refractivity contribution in [3.63, 3.8) is 0 Å². The van der Waals surface area contributed by atoms with E-state index in [1.807, 2.05) is 24.5 Å². The zero-order chi connectivity index (χ0) is 14.2. The summed E-state index contributed by atoms with van der Waals surface area (Å²) in [4.78, 5) is 6.44. The number of hydrogen-bond acceptors (Lipinski definition) is 3. The molecular weight excluding hydrogens is 246 g/mol. The Balaban J connectivity index is 1.88. The van der Waals surface area contributed by atoms with Gasteiger partial charge in [-0.15, -0.1) is 0 Å². The SMILES string of the molecule is CCN(CC)Cc1ccc(NCc2ccncc2)cc1. The highest BCUT2D eigenvalue weighted by Gasteiger charge is 2.01. The molecule has 106 valence electrons. The van der Waals surface area contributed by atoms with Gasteiger partial charge in [0, 0.05) is 31.2 Å². The number of anilines is 1. The van der Waals surface area contributed by atoms with Gasteiger partial charge in [0.15, 0.2) is 0 Å². The average molecular weight is 269 g/mol. The average Bonchev–Trinajstić information content (AvgIpc) is 2.53. The van der Waals surface area contributed by atoms with Gasteiger partial charge in [-0.25, -0.2) is 0 Å². The summed E-state index contributed by atoms with van der Waals surface area (Å²) in [7, 11) is 0. The fraction of sp³-hybridized carbons (Fsp3) is 0.353. The minimum atomic E-state index is 0.831. The van der Waals surface area contributed by atoms with Gasteiger partial charge in [-0.05, 0) is 48.5 Å². The summed E-state index contributed by atoms with van der Waals surface area (Å²) in [5, 5.41) is 3.43. The normalized spacial score (nSPS) is 10.8. The van der Waals surface area contributed by atoms with Crippen molar-refractivity contribution in [2.45, 2.75) is 26.9 Å². The van der Waals surface area contributed by atoms with Crippen LogP contribution in [0.15, 0.2) is 48.8 Å². The van der Waals surface area contributed by atoms with E-state index in [-0.39, 0.29) is 0 Å². The van der Waals surface area contributed by atoms with Crippen LogP contribution >= 0.6 is 0 Å². The van der Waals surface area contributed by atoms with E-state index in [1.54, 1.807) is 0 Å². The largest absolute Gasteiger partial charge is 0.381 e. The van der Waals surface area contributed by atoms with E-state index in [2.05, 4.69) is 53.3 Å². The Bertz CT molecular complexity index is 489. The van der Waals surface area contributed by atoms with Gasteiger partial charge in [0.05, 0.1) is 0 Å². The van der Waals surface area contributed by atoms with Crippen LogP contribution in [0.1, 0.15) is 25.0 Å². The van der Waals surface area contributed by atoms with Gasteiger partial charge in [-0.2, -0.15) is 0 Å². The molecule has 2 rings (SSSR count). The number of rotatable bonds is 7. The zero-order valence-electron chi connectivity index (χ0n) is 12.3. The molecule has 0 bridgehead atoms. The van der Waals surface area contributed by atoms with Crippen LogP contribution in [0.3, 0.4) is 0 Å². The first-order valence-electron chi connectivity index (χ1n) is 7.26. The van der Waals surface area contributed by atoms with Crippen LogP contribution in [0.5, 0.6) is 0 Å². The molecule has 0 atom stereocenters. The second-order valence-electron chi connectivity index (χ2n) is 4.87. The highest BCUT2D eigenvalue weighted by molar-refractivity contribution is 5.45. The van der Waals surface area contributed by atoms with Gasteiger partial charge < -0.3 is 5.32 Å². The van der Waals surface area contributed by atoms with E-state index in [1.165, 1.54) is 11.1 Å². The lowest BCUT2D eigenvalue weighted by Gasteiger charge is -2.18. The molecule has 0 radical (unpaired) electrons. The Kier molecular flexibility index (Phi) is 5.56. The minimum Gasteiger partial charge on any atom is -0.381 e. The van der Waals surface area contributed by atoms with Gasteiger partial charge in [-0.1, -0.05) is 26.0 Å². The summed E-state index contributed by atoms with van der Waals surface area (Å²) in [5.41, 5.74) is 3.76. The lowest BCUT2D eigenvalue weighted by atomic mass is 10.2. The van der Waals surface area contributed by atoms with E-state index in [9.17, 15) is 0 Å². The molecule has 2 aromatic rings. The summed E-state index contributed by atoms with van der Waals surface area (Å²) < 4.78 is 0. The molecule has 0 aliphatic heterocycles. The molecule has 0 saturated carbocycles. The van der Waals surface area contributed by atoms with Crippen molar-refractivity contribution in [1.29, 1.82) is 0 Å². The van der Waals surface area contributed by atoms with Crippen LogP contribution in [0.4, 0.5) is 5.69 Å². The van der Waals surface area contributed by atoms with Crippen molar-refractivity contribution >= 4 is 5.69 Å². The summed E-state index contributed by atoms with van der Waals surface area (Å²) in [6, 6.07) is 12.8. The molecule has 1 aromatic carbocycles. The Hall–Kier alpha value is -1.87. The highest BCUT2D eigenvalue weighted by Crippen LogP contribution is 2.12. The van der Waals surface area contributed by atoms with Crippen LogP contribution in [-0.4, -0.2) is 23.0 Å². The lowest BCUT2D eigenvalue weighted by Crippen LogP contribution is -2.21. The van der Waals surface area contributed by atoms with Gasteiger partial charge in [0.25, 0.3) is 0 Å². The molecule has 0 amide bonds. The molecule has 0 aliphatic rings. The van der Waals surface area contributed by atoms with E-state index >= 15 is 0 Å². The summed E-state index contributed by atoms with van der Waals surface area (Å²) in [5.74, 6) is 0. The fourth-order valence-corrected chi connectivity index (χ4v) is 2.14. The first-order valence-corrected chi connectivity index (χ1v) is 7.26.